The molecule has 9 heteroatoms. The molecule has 0 radical (unpaired) electrons. The molecule has 1 N–H and O–H groups in total. The van der Waals surface area contributed by atoms with Gasteiger partial charge in [0.05, 0.1) is 5.56 Å². The van der Waals surface area contributed by atoms with Gasteiger partial charge in [0.2, 0.25) is 0 Å². The van der Waals surface area contributed by atoms with Gasteiger partial charge in [0.25, 0.3) is 0 Å². The van der Waals surface area contributed by atoms with Crippen LogP contribution >= 0.6 is 0 Å². The second-order valence-electron chi connectivity index (χ2n) is 5.52. The minimum Gasteiger partial charge on any atom is -0.459 e. The first-order chi connectivity index (χ1) is 11.9. The van der Waals surface area contributed by atoms with Crippen LogP contribution < -0.4 is 15.0 Å². The van der Waals surface area contributed by atoms with Crippen molar-refractivity contribution in [2.75, 3.05) is 31.1 Å². The number of hydrogen-bond donors (Lipinski definition) is 1. The molecule has 1 aromatic heterocycles. The molecule has 1 aliphatic rings. The summed E-state index contributed by atoms with van der Waals surface area (Å²) >= 11 is 0. The Balaban J connectivity index is 1.75. The summed E-state index contributed by atoms with van der Waals surface area (Å²) in [6.07, 6.45) is -3.11. The van der Waals surface area contributed by atoms with Crippen molar-refractivity contribution in [3.05, 3.63) is 47.4 Å². The van der Waals surface area contributed by atoms with Crippen LogP contribution in [-0.2, 0) is 12.8 Å². The van der Waals surface area contributed by atoms with Gasteiger partial charge < -0.3 is 15.0 Å². The van der Waals surface area contributed by atoms with Crippen LogP contribution in [0, 0.1) is 5.82 Å². The number of aromatic nitrogens is 2. The number of nitrogens with zero attached hydrogens (tertiary/aromatic N) is 3. The van der Waals surface area contributed by atoms with E-state index in [4.69, 9.17) is 4.74 Å². The minimum atomic E-state index is -4.59. The number of hydrogen-bond acceptors (Lipinski definition) is 5. The van der Waals surface area contributed by atoms with E-state index in [0.717, 1.165) is 38.3 Å². The van der Waals surface area contributed by atoms with Crippen molar-refractivity contribution in [2.45, 2.75) is 12.8 Å². The first-order valence-electron chi connectivity index (χ1n) is 7.70. The van der Waals surface area contributed by atoms with Crippen molar-refractivity contribution < 1.29 is 22.3 Å². The maximum atomic E-state index is 13.3. The van der Waals surface area contributed by atoms with E-state index in [0.29, 0.717) is 11.9 Å². The molecule has 2 aromatic rings. The first kappa shape index (κ1) is 17.4. The molecule has 1 aromatic carbocycles. The van der Waals surface area contributed by atoms with Crippen molar-refractivity contribution in [3.8, 4) is 6.01 Å². The monoisotopic (exact) mass is 356 g/mol. The largest absolute Gasteiger partial charge is 0.459 e. The van der Waals surface area contributed by atoms with Crippen molar-refractivity contribution in [1.29, 1.82) is 0 Å². The molecule has 134 valence electrons. The van der Waals surface area contributed by atoms with Crippen molar-refractivity contribution in [3.63, 3.8) is 0 Å². The van der Waals surface area contributed by atoms with Crippen LogP contribution in [0.2, 0.25) is 0 Å². The Morgan fingerprint density at radius 1 is 1.16 bits per heavy atom. The summed E-state index contributed by atoms with van der Waals surface area (Å²) in [7, 11) is 0. The molecule has 3 rings (SSSR count). The van der Waals surface area contributed by atoms with E-state index in [9.17, 15) is 17.6 Å². The Morgan fingerprint density at radius 2 is 1.92 bits per heavy atom. The highest BCUT2D eigenvalue weighted by Crippen LogP contribution is 2.32. The Bertz CT molecular complexity index is 732. The van der Waals surface area contributed by atoms with Gasteiger partial charge >= 0.3 is 12.2 Å². The third kappa shape index (κ3) is 4.36. The summed E-state index contributed by atoms with van der Waals surface area (Å²) in [5.74, 6) is -0.121. The number of piperazine rings is 1. The number of nitrogens with one attached hydrogen (secondary N) is 1. The highest BCUT2D eigenvalue weighted by Gasteiger charge is 2.33. The van der Waals surface area contributed by atoms with Crippen molar-refractivity contribution in [2.24, 2.45) is 0 Å². The van der Waals surface area contributed by atoms with E-state index < -0.39 is 24.2 Å². The van der Waals surface area contributed by atoms with Gasteiger partial charge in [-0.3, -0.25) is 0 Å². The molecule has 5 nitrogen and oxygen atoms in total. The lowest BCUT2D eigenvalue weighted by atomic mass is 10.1. The van der Waals surface area contributed by atoms with Crippen LogP contribution in [0.1, 0.15) is 11.1 Å². The van der Waals surface area contributed by atoms with Crippen molar-refractivity contribution in [1.82, 2.24) is 15.3 Å². The van der Waals surface area contributed by atoms with Gasteiger partial charge in [-0.25, -0.2) is 9.37 Å². The van der Waals surface area contributed by atoms with E-state index in [1.807, 2.05) is 4.90 Å². The van der Waals surface area contributed by atoms with Gasteiger partial charge in [-0.05, 0) is 24.3 Å². The van der Waals surface area contributed by atoms with E-state index >= 15 is 0 Å². The van der Waals surface area contributed by atoms with Crippen LogP contribution in [0.3, 0.4) is 0 Å². The zero-order chi connectivity index (χ0) is 17.9. The zero-order valence-corrected chi connectivity index (χ0v) is 13.2. The lowest BCUT2D eigenvalue weighted by Crippen LogP contribution is -2.43. The van der Waals surface area contributed by atoms with Crippen molar-refractivity contribution >= 4 is 5.82 Å². The van der Waals surface area contributed by atoms with Gasteiger partial charge in [-0.15, -0.1) is 0 Å². The molecule has 0 atom stereocenters. The molecular weight excluding hydrogens is 340 g/mol. The molecule has 0 spiro atoms. The number of benzene rings is 1. The molecule has 1 fully saturated rings. The fraction of sp³-hybridized carbons (Fsp3) is 0.375. The van der Waals surface area contributed by atoms with Gasteiger partial charge in [0.15, 0.2) is 0 Å². The minimum absolute atomic E-state index is 0.0478. The molecular formula is C16H16F4N4O. The predicted octanol–water partition coefficient (Wildman–Crippen LogP) is 2.62. The average molecular weight is 356 g/mol. The molecule has 2 heterocycles. The van der Waals surface area contributed by atoms with Gasteiger partial charge in [-0.2, -0.15) is 18.2 Å². The maximum absolute atomic E-state index is 13.3. The SMILES string of the molecule is Fc1ccc(C(F)(F)F)c(COc2nccc(N3CCNCC3)n2)c1. The number of ether oxygens (including phenoxy) is 1. The van der Waals surface area contributed by atoms with Crippen LogP contribution in [0.15, 0.2) is 30.5 Å². The third-order valence-electron chi connectivity index (χ3n) is 3.79. The quantitative estimate of drug-likeness (QED) is 0.854. The first-order valence-corrected chi connectivity index (χ1v) is 7.70. The maximum Gasteiger partial charge on any atom is 0.416 e. The van der Waals surface area contributed by atoms with Gasteiger partial charge in [0.1, 0.15) is 18.2 Å². The zero-order valence-electron chi connectivity index (χ0n) is 13.2. The number of rotatable bonds is 4. The number of alkyl halides is 3. The standard InChI is InChI=1S/C16H16F4N4O/c17-12-1-2-13(16(18,19)20)11(9-12)10-25-15-22-4-3-14(23-15)24-7-5-21-6-8-24/h1-4,9,21H,5-8,10H2. The number of halogens is 4. The molecule has 0 aliphatic carbocycles. The number of anilines is 1. The second kappa shape index (κ2) is 7.22. The third-order valence-corrected chi connectivity index (χ3v) is 3.79. The predicted molar refractivity (Wildman–Crippen MR) is 82.8 cm³/mol. The van der Waals surface area contributed by atoms with E-state index in [1.165, 1.54) is 6.20 Å². The van der Waals surface area contributed by atoms with Crippen LogP contribution in [0.4, 0.5) is 23.4 Å². The lowest BCUT2D eigenvalue weighted by Gasteiger charge is -2.28. The summed E-state index contributed by atoms with van der Waals surface area (Å²) in [4.78, 5) is 10.2. The van der Waals surface area contributed by atoms with Crippen LogP contribution in [-0.4, -0.2) is 36.1 Å². The molecule has 0 saturated carbocycles. The molecule has 1 aliphatic heterocycles. The topological polar surface area (TPSA) is 50.3 Å². The highest BCUT2D eigenvalue weighted by atomic mass is 19.4. The average Bonchev–Trinajstić information content (AvgIpc) is 2.60. The highest BCUT2D eigenvalue weighted by molar-refractivity contribution is 5.39. The van der Waals surface area contributed by atoms with Gasteiger partial charge in [-0.1, -0.05) is 0 Å². The summed E-state index contributed by atoms with van der Waals surface area (Å²) in [5.41, 5.74) is -1.24. The summed E-state index contributed by atoms with van der Waals surface area (Å²) < 4.78 is 57.6. The Kier molecular flexibility index (Phi) is 5.03. The van der Waals surface area contributed by atoms with E-state index in [2.05, 4.69) is 15.3 Å². The van der Waals surface area contributed by atoms with E-state index in [1.54, 1.807) is 6.07 Å². The molecule has 1 saturated heterocycles. The second-order valence-corrected chi connectivity index (χ2v) is 5.52. The Hall–Kier alpha value is -2.42. The lowest BCUT2D eigenvalue weighted by molar-refractivity contribution is -0.138. The fourth-order valence-electron chi connectivity index (χ4n) is 2.57. The summed E-state index contributed by atoms with van der Waals surface area (Å²) in [6, 6.07) is 3.94. The molecule has 25 heavy (non-hydrogen) atoms. The Morgan fingerprint density at radius 3 is 2.64 bits per heavy atom. The smallest absolute Gasteiger partial charge is 0.416 e. The molecule has 0 unspecified atom stereocenters. The Labute approximate surface area is 141 Å². The molecule has 0 amide bonds. The normalized spacial score (nSPS) is 15.3. The summed E-state index contributed by atoms with van der Waals surface area (Å²) in [5, 5.41) is 3.21. The fourth-order valence-corrected chi connectivity index (χ4v) is 2.57. The summed E-state index contributed by atoms with van der Waals surface area (Å²) in [6.45, 7) is 2.69. The van der Waals surface area contributed by atoms with E-state index in [-0.39, 0.29) is 11.6 Å². The van der Waals surface area contributed by atoms with Crippen LogP contribution in [0.5, 0.6) is 6.01 Å². The van der Waals surface area contributed by atoms with Crippen LogP contribution in [0.25, 0.3) is 0 Å². The molecule has 0 bridgehead atoms. The van der Waals surface area contributed by atoms with Gasteiger partial charge in [0, 0.05) is 37.9 Å².